The van der Waals surface area contributed by atoms with Crippen LogP contribution >= 0.6 is 0 Å². The highest BCUT2D eigenvalue weighted by molar-refractivity contribution is 5.27. The summed E-state index contributed by atoms with van der Waals surface area (Å²) in [5.74, 6) is 0.843. The van der Waals surface area contributed by atoms with Gasteiger partial charge in [0.1, 0.15) is 5.75 Å². The molecule has 3 heteroatoms. The number of allylic oxidation sites excluding steroid dienone is 2. The Bertz CT molecular complexity index is 509. The van der Waals surface area contributed by atoms with Crippen LogP contribution in [0.3, 0.4) is 0 Å². The number of benzene rings is 1. The Morgan fingerprint density at radius 3 is 1.87 bits per heavy atom. The quantitative estimate of drug-likeness (QED) is 0.105. The van der Waals surface area contributed by atoms with Crippen molar-refractivity contribution in [3.63, 3.8) is 0 Å². The van der Waals surface area contributed by atoms with Crippen molar-refractivity contribution in [1.82, 2.24) is 0 Å². The summed E-state index contributed by atoms with van der Waals surface area (Å²) in [6.45, 7) is 4.25. The van der Waals surface area contributed by atoms with Crippen LogP contribution in [0.4, 0.5) is 0 Å². The first-order valence-corrected chi connectivity index (χ1v) is 12.8. The van der Waals surface area contributed by atoms with Gasteiger partial charge >= 0.3 is 0 Å². The van der Waals surface area contributed by atoms with Gasteiger partial charge in [0, 0.05) is 13.7 Å². The molecule has 178 valence electrons. The molecule has 0 N–H and O–H groups in total. The van der Waals surface area contributed by atoms with Crippen LogP contribution in [0.25, 0.3) is 0 Å². The van der Waals surface area contributed by atoms with Gasteiger partial charge in [-0.3, -0.25) is 0 Å². The Morgan fingerprint density at radius 1 is 0.677 bits per heavy atom. The lowest BCUT2D eigenvalue weighted by Gasteiger charge is -2.07. The van der Waals surface area contributed by atoms with Crippen molar-refractivity contribution < 1.29 is 14.2 Å². The summed E-state index contributed by atoms with van der Waals surface area (Å²) >= 11 is 0. The van der Waals surface area contributed by atoms with Crippen LogP contribution in [0, 0.1) is 0 Å². The van der Waals surface area contributed by atoms with Crippen molar-refractivity contribution in [2.75, 3.05) is 27.1 Å². The van der Waals surface area contributed by atoms with E-state index in [1.165, 1.54) is 95.5 Å². The lowest BCUT2D eigenvalue weighted by Crippen LogP contribution is -2.01. The van der Waals surface area contributed by atoms with Crippen LogP contribution in [-0.4, -0.2) is 27.1 Å². The summed E-state index contributed by atoms with van der Waals surface area (Å²) in [6.07, 6.45) is 24.6. The molecule has 0 fully saturated rings. The SMILES string of the molecule is CCCCCCCC/C=C\CCCCCCCCOCCc1ccc(OCOC)cc1. The molecule has 1 rings (SSSR count). The van der Waals surface area contributed by atoms with E-state index in [4.69, 9.17) is 14.2 Å². The zero-order chi connectivity index (χ0) is 22.2. The van der Waals surface area contributed by atoms with E-state index in [0.29, 0.717) is 6.79 Å². The zero-order valence-corrected chi connectivity index (χ0v) is 20.4. The fourth-order valence-electron chi connectivity index (χ4n) is 3.62. The number of hydrogen-bond donors (Lipinski definition) is 0. The number of ether oxygens (including phenoxy) is 3. The Kier molecular flexibility index (Phi) is 19.6. The van der Waals surface area contributed by atoms with Crippen molar-refractivity contribution in [3.05, 3.63) is 42.0 Å². The first kappa shape index (κ1) is 27.7. The molecule has 1 aromatic rings. The standard InChI is InChI=1S/C28H48O3/c1-3-4-5-6-7-8-9-10-11-12-13-14-15-16-17-18-24-30-25-23-27-19-21-28(22-20-27)31-26-29-2/h10-11,19-22H,3-9,12-18,23-26H2,1-2H3/b11-10-. The zero-order valence-electron chi connectivity index (χ0n) is 20.4. The van der Waals surface area contributed by atoms with Gasteiger partial charge in [-0.15, -0.1) is 0 Å². The molecule has 0 heterocycles. The maximum Gasteiger partial charge on any atom is 0.188 e. The molecule has 3 nitrogen and oxygen atoms in total. The van der Waals surface area contributed by atoms with E-state index < -0.39 is 0 Å². The largest absolute Gasteiger partial charge is 0.468 e. The molecule has 0 saturated carbocycles. The average Bonchev–Trinajstić information content (AvgIpc) is 2.80. The smallest absolute Gasteiger partial charge is 0.188 e. The van der Waals surface area contributed by atoms with Crippen LogP contribution in [0.1, 0.15) is 102 Å². The molecule has 0 amide bonds. The summed E-state index contributed by atoms with van der Waals surface area (Å²) in [5, 5.41) is 0. The Morgan fingerprint density at radius 2 is 1.26 bits per heavy atom. The third-order valence-corrected chi connectivity index (χ3v) is 5.60. The average molecular weight is 433 g/mol. The van der Waals surface area contributed by atoms with Gasteiger partial charge in [-0.05, 0) is 56.2 Å². The first-order valence-electron chi connectivity index (χ1n) is 12.8. The molecule has 31 heavy (non-hydrogen) atoms. The summed E-state index contributed by atoms with van der Waals surface area (Å²) in [7, 11) is 1.63. The third-order valence-electron chi connectivity index (χ3n) is 5.60. The van der Waals surface area contributed by atoms with Crippen LogP contribution in [0.5, 0.6) is 5.75 Å². The van der Waals surface area contributed by atoms with Gasteiger partial charge < -0.3 is 14.2 Å². The highest BCUT2D eigenvalue weighted by atomic mass is 16.7. The van der Waals surface area contributed by atoms with Gasteiger partial charge in [0.25, 0.3) is 0 Å². The van der Waals surface area contributed by atoms with Crippen LogP contribution in [0.15, 0.2) is 36.4 Å². The van der Waals surface area contributed by atoms with Gasteiger partial charge in [0.05, 0.1) is 6.61 Å². The van der Waals surface area contributed by atoms with E-state index >= 15 is 0 Å². The fraction of sp³-hybridized carbons (Fsp3) is 0.714. The molecule has 0 radical (unpaired) electrons. The number of unbranched alkanes of at least 4 members (excludes halogenated alkanes) is 12. The molecule has 0 aliphatic carbocycles. The summed E-state index contributed by atoms with van der Waals surface area (Å²) < 4.78 is 16.1. The van der Waals surface area contributed by atoms with Crippen molar-refractivity contribution >= 4 is 0 Å². The first-order chi connectivity index (χ1) is 15.4. The predicted octanol–water partition coefficient (Wildman–Crippen LogP) is 8.27. The second kappa shape index (κ2) is 21.9. The topological polar surface area (TPSA) is 27.7 Å². The maximum atomic E-state index is 5.79. The predicted molar refractivity (Wildman–Crippen MR) is 133 cm³/mol. The molecule has 0 aliphatic rings. The lowest BCUT2D eigenvalue weighted by atomic mass is 10.1. The minimum Gasteiger partial charge on any atom is -0.468 e. The van der Waals surface area contributed by atoms with E-state index in [9.17, 15) is 0 Å². The van der Waals surface area contributed by atoms with Crippen LogP contribution < -0.4 is 4.74 Å². The second-order valence-electron chi connectivity index (χ2n) is 8.50. The van der Waals surface area contributed by atoms with Crippen molar-refractivity contribution in [3.8, 4) is 5.75 Å². The highest BCUT2D eigenvalue weighted by Gasteiger charge is 1.97. The van der Waals surface area contributed by atoms with Gasteiger partial charge in [0.15, 0.2) is 6.79 Å². The van der Waals surface area contributed by atoms with Gasteiger partial charge in [-0.1, -0.05) is 89.0 Å². The summed E-state index contributed by atoms with van der Waals surface area (Å²) in [6, 6.07) is 8.16. The van der Waals surface area contributed by atoms with E-state index in [2.05, 4.69) is 31.2 Å². The van der Waals surface area contributed by atoms with E-state index in [0.717, 1.165) is 25.4 Å². The summed E-state index contributed by atoms with van der Waals surface area (Å²) in [4.78, 5) is 0. The third kappa shape index (κ3) is 18.0. The molecular formula is C28H48O3. The number of rotatable bonds is 22. The second-order valence-corrected chi connectivity index (χ2v) is 8.50. The summed E-state index contributed by atoms with van der Waals surface area (Å²) in [5.41, 5.74) is 1.28. The molecule has 0 atom stereocenters. The maximum absolute atomic E-state index is 5.79. The van der Waals surface area contributed by atoms with Crippen molar-refractivity contribution in [1.29, 1.82) is 0 Å². The normalized spacial score (nSPS) is 11.4. The van der Waals surface area contributed by atoms with Crippen molar-refractivity contribution in [2.45, 2.75) is 103 Å². The van der Waals surface area contributed by atoms with Crippen LogP contribution in [-0.2, 0) is 15.9 Å². The molecule has 1 aromatic carbocycles. The number of methoxy groups -OCH3 is 1. The van der Waals surface area contributed by atoms with Crippen molar-refractivity contribution in [2.24, 2.45) is 0 Å². The van der Waals surface area contributed by atoms with Gasteiger partial charge in [-0.25, -0.2) is 0 Å². The molecule has 0 aliphatic heterocycles. The van der Waals surface area contributed by atoms with E-state index in [1.807, 2.05) is 12.1 Å². The minimum absolute atomic E-state index is 0.290. The minimum atomic E-state index is 0.290. The molecule has 0 spiro atoms. The van der Waals surface area contributed by atoms with Gasteiger partial charge in [0.2, 0.25) is 0 Å². The molecule has 0 bridgehead atoms. The van der Waals surface area contributed by atoms with E-state index in [-0.39, 0.29) is 0 Å². The van der Waals surface area contributed by atoms with E-state index in [1.54, 1.807) is 7.11 Å². The fourth-order valence-corrected chi connectivity index (χ4v) is 3.62. The van der Waals surface area contributed by atoms with Gasteiger partial charge in [-0.2, -0.15) is 0 Å². The molecule has 0 saturated heterocycles. The molecule has 0 unspecified atom stereocenters. The lowest BCUT2D eigenvalue weighted by molar-refractivity contribution is 0.0511. The Hall–Kier alpha value is -1.32. The monoisotopic (exact) mass is 432 g/mol. The molecular weight excluding hydrogens is 384 g/mol. The Labute approximate surface area is 192 Å². The highest BCUT2D eigenvalue weighted by Crippen LogP contribution is 2.13. The molecule has 0 aromatic heterocycles. The van der Waals surface area contributed by atoms with Crippen LogP contribution in [0.2, 0.25) is 0 Å². The Balaban J connectivity index is 1.80. The number of hydrogen-bond acceptors (Lipinski definition) is 3.